The standard InChI is InChI=1S/C15H24N2OS/c1-2-14(18)17(15-8-6-13-19-15)12-7-11-16-9-4-3-5-10-16/h6,8,13H,2-5,7,9-12H2,1H3. The maximum absolute atomic E-state index is 12.0. The van der Waals surface area contributed by atoms with Crippen molar-refractivity contribution in [3.8, 4) is 0 Å². The Kier molecular flexibility index (Phi) is 5.86. The van der Waals surface area contributed by atoms with Gasteiger partial charge in [0.2, 0.25) is 5.91 Å². The monoisotopic (exact) mass is 280 g/mol. The van der Waals surface area contributed by atoms with Gasteiger partial charge in [-0.25, -0.2) is 0 Å². The molecule has 1 aliphatic heterocycles. The Morgan fingerprint density at radius 1 is 1.37 bits per heavy atom. The third-order valence-electron chi connectivity index (χ3n) is 3.68. The number of nitrogens with zero attached hydrogens (tertiary/aromatic N) is 2. The van der Waals surface area contributed by atoms with Crippen molar-refractivity contribution in [1.29, 1.82) is 0 Å². The molecule has 2 heterocycles. The van der Waals surface area contributed by atoms with E-state index in [1.54, 1.807) is 11.3 Å². The van der Waals surface area contributed by atoms with Gasteiger partial charge in [0.05, 0.1) is 5.00 Å². The number of hydrogen-bond acceptors (Lipinski definition) is 3. The minimum absolute atomic E-state index is 0.237. The Balaban J connectivity index is 1.81. The average molecular weight is 280 g/mol. The molecule has 19 heavy (non-hydrogen) atoms. The van der Waals surface area contributed by atoms with Gasteiger partial charge in [-0.3, -0.25) is 4.79 Å². The quantitative estimate of drug-likeness (QED) is 0.797. The first-order valence-corrected chi connectivity index (χ1v) is 8.25. The summed E-state index contributed by atoms with van der Waals surface area (Å²) in [7, 11) is 0. The first-order chi connectivity index (χ1) is 9.31. The largest absolute Gasteiger partial charge is 0.304 e. The third kappa shape index (κ3) is 4.32. The molecule has 3 nitrogen and oxygen atoms in total. The van der Waals surface area contributed by atoms with Crippen molar-refractivity contribution in [2.24, 2.45) is 0 Å². The lowest BCUT2D eigenvalue weighted by Gasteiger charge is -2.27. The van der Waals surface area contributed by atoms with Crippen LogP contribution < -0.4 is 4.90 Å². The van der Waals surface area contributed by atoms with Crippen LogP contribution >= 0.6 is 11.3 Å². The van der Waals surface area contributed by atoms with Crippen molar-refractivity contribution in [2.45, 2.75) is 39.0 Å². The van der Waals surface area contributed by atoms with Gasteiger partial charge in [0.15, 0.2) is 0 Å². The molecule has 1 aromatic rings. The molecular weight excluding hydrogens is 256 g/mol. The second-order valence-corrected chi connectivity index (χ2v) is 6.03. The molecule has 0 radical (unpaired) electrons. The smallest absolute Gasteiger partial charge is 0.227 e. The highest BCUT2D eigenvalue weighted by Crippen LogP contribution is 2.22. The van der Waals surface area contributed by atoms with E-state index in [0.29, 0.717) is 6.42 Å². The van der Waals surface area contributed by atoms with Crippen LogP contribution in [0.5, 0.6) is 0 Å². The van der Waals surface area contributed by atoms with Crippen molar-refractivity contribution in [3.63, 3.8) is 0 Å². The maximum atomic E-state index is 12.0. The summed E-state index contributed by atoms with van der Waals surface area (Å²) in [6, 6.07) is 4.06. The van der Waals surface area contributed by atoms with Gasteiger partial charge in [-0.2, -0.15) is 0 Å². The van der Waals surface area contributed by atoms with E-state index in [2.05, 4.69) is 4.90 Å². The summed E-state index contributed by atoms with van der Waals surface area (Å²) < 4.78 is 0. The molecule has 1 aromatic heterocycles. The van der Waals surface area contributed by atoms with Gasteiger partial charge in [-0.1, -0.05) is 13.3 Å². The molecular formula is C15H24N2OS. The van der Waals surface area contributed by atoms with Gasteiger partial charge >= 0.3 is 0 Å². The van der Waals surface area contributed by atoms with Crippen LogP contribution in [-0.4, -0.2) is 37.0 Å². The summed E-state index contributed by atoms with van der Waals surface area (Å²) >= 11 is 1.65. The first-order valence-electron chi connectivity index (χ1n) is 7.37. The molecule has 0 saturated carbocycles. The fourth-order valence-electron chi connectivity index (χ4n) is 2.61. The number of anilines is 1. The van der Waals surface area contributed by atoms with Gasteiger partial charge in [-0.05, 0) is 56.4 Å². The minimum Gasteiger partial charge on any atom is -0.304 e. The van der Waals surface area contributed by atoms with E-state index < -0.39 is 0 Å². The normalized spacial score (nSPS) is 16.5. The predicted molar refractivity (Wildman–Crippen MR) is 81.9 cm³/mol. The van der Waals surface area contributed by atoms with Gasteiger partial charge in [0.25, 0.3) is 0 Å². The second kappa shape index (κ2) is 7.65. The van der Waals surface area contributed by atoms with E-state index >= 15 is 0 Å². The summed E-state index contributed by atoms with van der Waals surface area (Å²) in [5.41, 5.74) is 0. The van der Waals surface area contributed by atoms with Crippen LogP contribution in [0.15, 0.2) is 17.5 Å². The van der Waals surface area contributed by atoms with Crippen LogP contribution in [0.4, 0.5) is 5.00 Å². The highest BCUT2D eigenvalue weighted by atomic mass is 32.1. The highest BCUT2D eigenvalue weighted by Gasteiger charge is 2.15. The second-order valence-electron chi connectivity index (χ2n) is 5.11. The SMILES string of the molecule is CCC(=O)N(CCCN1CCCCC1)c1cccs1. The summed E-state index contributed by atoms with van der Waals surface area (Å²) in [4.78, 5) is 16.5. The van der Waals surface area contributed by atoms with Crippen LogP contribution in [0.2, 0.25) is 0 Å². The summed E-state index contributed by atoms with van der Waals surface area (Å²) in [6.07, 6.45) is 5.71. The molecule has 1 amide bonds. The van der Waals surface area contributed by atoms with E-state index in [1.807, 2.05) is 29.3 Å². The molecule has 4 heteroatoms. The lowest BCUT2D eigenvalue weighted by Crippen LogP contribution is -2.35. The lowest BCUT2D eigenvalue weighted by molar-refractivity contribution is -0.118. The molecule has 1 aliphatic rings. The number of likely N-dealkylation sites (tertiary alicyclic amines) is 1. The molecule has 0 atom stereocenters. The van der Waals surface area contributed by atoms with Gasteiger partial charge in [0, 0.05) is 13.0 Å². The van der Waals surface area contributed by atoms with E-state index in [1.165, 1.54) is 32.4 Å². The zero-order chi connectivity index (χ0) is 13.5. The zero-order valence-electron chi connectivity index (χ0n) is 11.8. The molecule has 0 N–H and O–H groups in total. The third-order valence-corrected chi connectivity index (χ3v) is 4.57. The number of carbonyl (C=O) groups excluding carboxylic acids is 1. The Bertz CT molecular complexity index is 372. The number of piperidine rings is 1. The van der Waals surface area contributed by atoms with Crippen LogP contribution in [0.3, 0.4) is 0 Å². The molecule has 106 valence electrons. The van der Waals surface area contributed by atoms with E-state index in [-0.39, 0.29) is 5.91 Å². The van der Waals surface area contributed by atoms with Crippen molar-refractivity contribution in [2.75, 3.05) is 31.1 Å². The molecule has 1 fully saturated rings. The summed E-state index contributed by atoms with van der Waals surface area (Å²) in [5, 5.41) is 3.13. The maximum Gasteiger partial charge on any atom is 0.227 e. The molecule has 0 bridgehead atoms. The Hall–Kier alpha value is -0.870. The lowest BCUT2D eigenvalue weighted by atomic mass is 10.1. The number of hydrogen-bond donors (Lipinski definition) is 0. The van der Waals surface area contributed by atoms with Gasteiger partial charge < -0.3 is 9.80 Å². The number of rotatable bonds is 6. The van der Waals surface area contributed by atoms with Crippen LogP contribution in [0.1, 0.15) is 39.0 Å². The van der Waals surface area contributed by atoms with Crippen molar-refractivity contribution < 1.29 is 4.79 Å². The molecule has 2 rings (SSSR count). The average Bonchev–Trinajstić information content (AvgIpc) is 2.98. The molecule has 0 unspecified atom stereocenters. The number of carbonyl (C=O) groups is 1. The Labute approximate surface area is 120 Å². The van der Waals surface area contributed by atoms with Crippen LogP contribution in [0.25, 0.3) is 0 Å². The van der Waals surface area contributed by atoms with E-state index in [4.69, 9.17) is 0 Å². The molecule has 0 aliphatic carbocycles. The van der Waals surface area contributed by atoms with Crippen molar-refractivity contribution in [1.82, 2.24) is 4.90 Å². The fourth-order valence-corrected chi connectivity index (χ4v) is 3.38. The number of thiophene rings is 1. The van der Waals surface area contributed by atoms with Gasteiger partial charge in [-0.15, -0.1) is 11.3 Å². The summed E-state index contributed by atoms with van der Waals surface area (Å²) in [6.45, 7) is 6.39. The molecule has 0 spiro atoms. The van der Waals surface area contributed by atoms with Crippen LogP contribution in [0, 0.1) is 0 Å². The van der Waals surface area contributed by atoms with Gasteiger partial charge in [0.1, 0.15) is 0 Å². The molecule has 0 aromatic carbocycles. The Morgan fingerprint density at radius 2 is 2.16 bits per heavy atom. The van der Waals surface area contributed by atoms with E-state index in [0.717, 1.165) is 24.5 Å². The molecule has 1 saturated heterocycles. The topological polar surface area (TPSA) is 23.6 Å². The minimum atomic E-state index is 0.237. The first kappa shape index (κ1) is 14.5. The number of amides is 1. The van der Waals surface area contributed by atoms with Crippen LogP contribution in [-0.2, 0) is 4.79 Å². The van der Waals surface area contributed by atoms with Crippen molar-refractivity contribution >= 4 is 22.2 Å². The predicted octanol–water partition coefficient (Wildman–Crippen LogP) is 3.37. The highest BCUT2D eigenvalue weighted by molar-refractivity contribution is 7.14. The fraction of sp³-hybridized carbons (Fsp3) is 0.667. The summed E-state index contributed by atoms with van der Waals surface area (Å²) in [5.74, 6) is 0.237. The van der Waals surface area contributed by atoms with Crippen molar-refractivity contribution in [3.05, 3.63) is 17.5 Å². The zero-order valence-corrected chi connectivity index (χ0v) is 12.6. The Morgan fingerprint density at radius 3 is 2.79 bits per heavy atom. The van der Waals surface area contributed by atoms with E-state index in [9.17, 15) is 4.79 Å².